The first-order valence-corrected chi connectivity index (χ1v) is 3.08. The van der Waals surface area contributed by atoms with Crippen LogP contribution in [0.25, 0.3) is 0 Å². The zero-order valence-electron chi connectivity index (χ0n) is 6.76. The van der Waals surface area contributed by atoms with Gasteiger partial charge >= 0.3 is 18.0 Å². The molecule has 0 bridgehead atoms. The van der Waals surface area contributed by atoms with Crippen LogP contribution in [0.4, 0.5) is 30.7 Å². The summed E-state index contributed by atoms with van der Waals surface area (Å²) in [6.45, 7) is 1.67. The minimum atomic E-state index is -5.88. The van der Waals surface area contributed by atoms with Crippen LogP contribution in [0.3, 0.4) is 0 Å². The first-order chi connectivity index (χ1) is 5.92. The van der Waals surface area contributed by atoms with Gasteiger partial charge in [-0.05, 0) is 13.5 Å². The van der Waals surface area contributed by atoms with Crippen molar-refractivity contribution in [1.29, 1.82) is 0 Å². The highest BCUT2D eigenvalue weighted by molar-refractivity contribution is 4.92. The summed E-state index contributed by atoms with van der Waals surface area (Å²) >= 11 is 0. The molecule has 1 atom stereocenters. The van der Waals surface area contributed by atoms with Crippen molar-refractivity contribution >= 4 is 0 Å². The summed E-state index contributed by atoms with van der Waals surface area (Å²) in [6.07, 6.45) is -11.2. The Balaban J connectivity index is 4.97. The Bertz CT molecular complexity index is 229. The molecule has 8 heteroatoms. The van der Waals surface area contributed by atoms with Gasteiger partial charge in [0.1, 0.15) is 0 Å². The highest BCUT2D eigenvalue weighted by atomic mass is 19.4. The topological polar surface area (TPSA) is 9.23 Å². The summed E-state index contributed by atoms with van der Waals surface area (Å²) in [4.78, 5) is 0. The van der Waals surface area contributed by atoms with Gasteiger partial charge in [0.15, 0.2) is 0 Å². The predicted octanol–water partition coefficient (Wildman–Crippen LogP) is 3.33. The Kier molecular flexibility index (Phi) is 3.10. The molecule has 0 aliphatic heterocycles. The van der Waals surface area contributed by atoms with Gasteiger partial charge in [-0.15, -0.1) is 0 Å². The fraction of sp³-hybridized carbons (Fsp3) is 0.667. The molecule has 84 valence electrons. The normalized spacial score (nSPS) is 17.4. The summed E-state index contributed by atoms with van der Waals surface area (Å²) in [7, 11) is 0. The molecule has 1 unspecified atom stereocenters. The minimum absolute atomic E-state index is 0.462. The molecular weight excluding hydrogens is 221 g/mol. The van der Waals surface area contributed by atoms with Crippen LogP contribution in [0.1, 0.15) is 6.92 Å². The van der Waals surface area contributed by atoms with Crippen molar-refractivity contribution in [1.82, 2.24) is 0 Å². The number of hydrogen-bond donors (Lipinski definition) is 0. The van der Waals surface area contributed by atoms with Crippen LogP contribution >= 0.6 is 0 Å². The zero-order chi connectivity index (χ0) is 11.8. The van der Waals surface area contributed by atoms with Gasteiger partial charge in [-0.2, -0.15) is 26.3 Å². The standard InChI is InChI=1S/C6H5F7O/c1-3(7)14-6(12,13)4(2,8)5(9,10)11/h1H2,2H3. The first-order valence-electron chi connectivity index (χ1n) is 3.08. The molecule has 0 aliphatic carbocycles. The van der Waals surface area contributed by atoms with Gasteiger partial charge in [0.25, 0.3) is 6.01 Å². The van der Waals surface area contributed by atoms with Crippen molar-refractivity contribution < 1.29 is 35.5 Å². The number of halogens is 7. The number of ether oxygens (including phenoxy) is 1. The molecule has 0 N–H and O–H groups in total. The van der Waals surface area contributed by atoms with Crippen LogP contribution in [0.15, 0.2) is 12.6 Å². The second-order valence-electron chi connectivity index (χ2n) is 2.47. The predicted molar refractivity (Wildman–Crippen MR) is 31.8 cm³/mol. The molecular formula is C6H5F7O. The zero-order valence-corrected chi connectivity index (χ0v) is 6.76. The lowest BCUT2D eigenvalue weighted by Crippen LogP contribution is -2.54. The summed E-state index contributed by atoms with van der Waals surface area (Å²) in [5.41, 5.74) is -4.99. The lowest BCUT2D eigenvalue weighted by molar-refractivity contribution is -0.370. The van der Waals surface area contributed by atoms with Gasteiger partial charge in [-0.1, -0.05) is 0 Å². The molecule has 0 saturated heterocycles. The molecule has 0 aliphatic rings. The molecule has 0 fully saturated rings. The Labute approximate surface area is 74.1 Å². The van der Waals surface area contributed by atoms with Crippen LogP contribution in [-0.4, -0.2) is 18.0 Å². The molecule has 14 heavy (non-hydrogen) atoms. The lowest BCUT2D eigenvalue weighted by atomic mass is 10.1. The summed E-state index contributed by atoms with van der Waals surface area (Å²) < 4.78 is 86.7. The molecule has 0 amide bonds. The number of hydrogen-bond acceptors (Lipinski definition) is 1. The van der Waals surface area contributed by atoms with E-state index in [-0.39, 0.29) is 0 Å². The van der Waals surface area contributed by atoms with E-state index >= 15 is 0 Å². The highest BCUT2D eigenvalue weighted by Crippen LogP contribution is 2.46. The maximum Gasteiger partial charge on any atom is 0.443 e. The lowest BCUT2D eigenvalue weighted by Gasteiger charge is -2.30. The van der Waals surface area contributed by atoms with Gasteiger partial charge in [-0.25, -0.2) is 4.39 Å². The maximum absolute atomic E-state index is 12.5. The monoisotopic (exact) mass is 226 g/mol. The summed E-state index contributed by atoms with van der Waals surface area (Å²) in [5.74, 6) is 0. The van der Waals surface area contributed by atoms with E-state index < -0.39 is 30.9 Å². The van der Waals surface area contributed by atoms with E-state index in [1.807, 2.05) is 0 Å². The second-order valence-corrected chi connectivity index (χ2v) is 2.47. The van der Waals surface area contributed by atoms with Crippen molar-refractivity contribution in [3.63, 3.8) is 0 Å². The molecule has 0 radical (unpaired) electrons. The van der Waals surface area contributed by atoms with Crippen molar-refractivity contribution in [3.05, 3.63) is 12.6 Å². The van der Waals surface area contributed by atoms with E-state index in [9.17, 15) is 30.7 Å². The molecule has 0 aromatic heterocycles. The Morgan fingerprint density at radius 1 is 1.07 bits per heavy atom. The van der Waals surface area contributed by atoms with E-state index in [0.717, 1.165) is 0 Å². The van der Waals surface area contributed by atoms with Gasteiger partial charge in [0, 0.05) is 0 Å². The van der Waals surface area contributed by atoms with E-state index in [2.05, 4.69) is 11.3 Å². The van der Waals surface area contributed by atoms with Crippen LogP contribution in [-0.2, 0) is 4.74 Å². The molecule has 0 heterocycles. The van der Waals surface area contributed by atoms with Gasteiger partial charge in [0.05, 0.1) is 0 Å². The van der Waals surface area contributed by atoms with Crippen LogP contribution in [0.5, 0.6) is 0 Å². The van der Waals surface area contributed by atoms with Crippen molar-refractivity contribution in [2.24, 2.45) is 0 Å². The first kappa shape index (κ1) is 13.0. The smallest absolute Gasteiger partial charge is 0.404 e. The van der Waals surface area contributed by atoms with Gasteiger partial charge < -0.3 is 4.74 Å². The third kappa shape index (κ3) is 2.30. The minimum Gasteiger partial charge on any atom is -0.404 e. The molecule has 0 saturated carbocycles. The average molecular weight is 226 g/mol. The number of alkyl halides is 6. The van der Waals surface area contributed by atoms with Crippen molar-refractivity contribution in [2.75, 3.05) is 0 Å². The fourth-order valence-electron chi connectivity index (χ4n) is 0.400. The van der Waals surface area contributed by atoms with E-state index in [4.69, 9.17) is 0 Å². The van der Waals surface area contributed by atoms with E-state index in [1.165, 1.54) is 0 Å². The van der Waals surface area contributed by atoms with Crippen LogP contribution in [0.2, 0.25) is 0 Å². The van der Waals surface area contributed by atoms with Crippen LogP contribution in [0, 0.1) is 0 Å². The van der Waals surface area contributed by atoms with E-state index in [0.29, 0.717) is 0 Å². The molecule has 0 rings (SSSR count). The Hall–Kier alpha value is -0.950. The Morgan fingerprint density at radius 2 is 1.43 bits per heavy atom. The average Bonchev–Trinajstić information content (AvgIpc) is 1.80. The number of rotatable bonds is 3. The Morgan fingerprint density at radius 3 is 1.64 bits per heavy atom. The van der Waals surface area contributed by atoms with Crippen LogP contribution < -0.4 is 0 Å². The maximum atomic E-state index is 12.5. The fourth-order valence-corrected chi connectivity index (χ4v) is 0.400. The van der Waals surface area contributed by atoms with Crippen molar-refractivity contribution in [3.8, 4) is 0 Å². The van der Waals surface area contributed by atoms with Gasteiger partial charge in [0.2, 0.25) is 0 Å². The summed E-state index contributed by atoms with van der Waals surface area (Å²) in [5, 5.41) is 0. The largest absolute Gasteiger partial charge is 0.443 e. The van der Waals surface area contributed by atoms with Crippen molar-refractivity contribution in [2.45, 2.75) is 24.9 Å². The van der Waals surface area contributed by atoms with Gasteiger partial charge in [-0.3, -0.25) is 0 Å². The summed E-state index contributed by atoms with van der Waals surface area (Å²) in [6, 6.07) is -2.21. The SMILES string of the molecule is C=C(F)OC(F)(F)C(C)(F)C(F)(F)F. The highest BCUT2D eigenvalue weighted by Gasteiger charge is 2.70. The third-order valence-corrected chi connectivity index (χ3v) is 1.32. The molecule has 0 aromatic rings. The molecule has 1 nitrogen and oxygen atoms in total. The van der Waals surface area contributed by atoms with E-state index in [1.54, 1.807) is 0 Å². The third-order valence-electron chi connectivity index (χ3n) is 1.32. The molecule has 0 aromatic carbocycles. The molecule has 0 spiro atoms. The quantitative estimate of drug-likeness (QED) is 0.529. The second kappa shape index (κ2) is 3.32.